The summed E-state index contributed by atoms with van der Waals surface area (Å²) in [7, 11) is 0. The zero-order chi connectivity index (χ0) is 32.5. The Kier molecular flexibility index (Phi) is 9.13. The standard InChI is InChI=1S/C33H20N.C13H12N.Ir/c1-5-22-17-23(6-1)25-8-3-10-27(19-25)29-13-14-32-30(20-29)15-16-34-33(32)31-12-4-11-28(21-31)26-9-2-7-24(22)18-26;1-10-3-6-12(7-4-10)13-8-5-11(2)9-14-13;/h1-11,13-21H;3-6,8-9H,1-2H3;/q2*-1;. The summed E-state index contributed by atoms with van der Waals surface area (Å²) in [6, 6.07) is 58.3. The van der Waals surface area contributed by atoms with Gasteiger partial charge in [-0.1, -0.05) is 85.8 Å². The number of pyridine rings is 2. The van der Waals surface area contributed by atoms with Gasteiger partial charge in [0.15, 0.2) is 0 Å². The van der Waals surface area contributed by atoms with Crippen LogP contribution in [0.1, 0.15) is 11.1 Å². The van der Waals surface area contributed by atoms with Gasteiger partial charge < -0.3 is 9.97 Å². The number of hydrogen-bond donors (Lipinski definition) is 0. The van der Waals surface area contributed by atoms with Crippen molar-refractivity contribution >= 4 is 10.8 Å². The third kappa shape index (κ3) is 6.78. The van der Waals surface area contributed by atoms with Gasteiger partial charge in [-0.3, -0.25) is 0 Å². The van der Waals surface area contributed by atoms with Crippen molar-refractivity contribution in [1.82, 2.24) is 9.97 Å². The Morgan fingerprint density at radius 3 is 1.63 bits per heavy atom. The molecular weight excluding hydrogens is 773 g/mol. The van der Waals surface area contributed by atoms with Gasteiger partial charge >= 0.3 is 0 Å². The molecule has 0 N–H and O–H groups in total. The van der Waals surface area contributed by atoms with Crippen molar-refractivity contribution in [2.45, 2.75) is 13.8 Å². The van der Waals surface area contributed by atoms with Crippen LogP contribution in [-0.4, -0.2) is 9.97 Å². The van der Waals surface area contributed by atoms with Gasteiger partial charge in [0.05, 0.1) is 0 Å². The van der Waals surface area contributed by atoms with Crippen molar-refractivity contribution in [2.75, 3.05) is 0 Å². The second-order valence-corrected chi connectivity index (χ2v) is 12.3. The van der Waals surface area contributed by atoms with Crippen molar-refractivity contribution in [3.05, 3.63) is 181 Å². The number of aryl methyl sites for hydroxylation is 2. The van der Waals surface area contributed by atoms with Crippen LogP contribution in [0.15, 0.2) is 158 Å². The molecule has 49 heavy (non-hydrogen) atoms. The molecule has 0 unspecified atom stereocenters. The normalized spacial score (nSPS) is 10.9. The van der Waals surface area contributed by atoms with Crippen molar-refractivity contribution in [1.29, 1.82) is 0 Å². The average Bonchev–Trinajstić information content (AvgIpc) is 3.15. The van der Waals surface area contributed by atoms with E-state index in [1.54, 1.807) is 0 Å². The molecule has 0 aliphatic heterocycles. The molecule has 0 spiro atoms. The summed E-state index contributed by atoms with van der Waals surface area (Å²) >= 11 is 0. The quantitative estimate of drug-likeness (QED) is 0.155. The Morgan fingerprint density at radius 2 is 1.06 bits per heavy atom. The second kappa shape index (κ2) is 13.9. The fourth-order valence-corrected chi connectivity index (χ4v) is 6.28. The first-order valence-electron chi connectivity index (χ1n) is 16.2. The molecule has 8 aromatic rings. The predicted octanol–water partition coefficient (Wildman–Crippen LogP) is 11.8. The first kappa shape index (κ1) is 32.1. The Bertz CT molecular complexity index is 2370. The molecule has 2 heterocycles. The summed E-state index contributed by atoms with van der Waals surface area (Å²) in [5, 5.41) is 2.32. The van der Waals surface area contributed by atoms with E-state index < -0.39 is 0 Å². The maximum Gasteiger partial charge on any atom is 0.0190 e. The first-order chi connectivity index (χ1) is 23.6. The minimum atomic E-state index is 0. The number of benzene rings is 6. The van der Waals surface area contributed by atoms with Crippen LogP contribution in [0.25, 0.3) is 77.8 Å². The van der Waals surface area contributed by atoms with Crippen LogP contribution in [0.5, 0.6) is 0 Å². The van der Waals surface area contributed by atoms with Gasteiger partial charge in [-0.25, -0.2) is 0 Å². The molecule has 3 heteroatoms. The topological polar surface area (TPSA) is 25.8 Å². The van der Waals surface area contributed by atoms with Crippen molar-refractivity contribution < 1.29 is 20.1 Å². The Morgan fingerprint density at radius 1 is 0.469 bits per heavy atom. The van der Waals surface area contributed by atoms with Crippen molar-refractivity contribution in [3.63, 3.8) is 0 Å². The molecule has 2 aromatic heterocycles. The van der Waals surface area contributed by atoms with Crippen LogP contribution in [0.3, 0.4) is 0 Å². The summed E-state index contributed by atoms with van der Waals surface area (Å²) in [6.45, 7) is 4.10. The first-order valence-corrected chi connectivity index (χ1v) is 16.2. The van der Waals surface area contributed by atoms with Crippen LogP contribution in [-0.2, 0) is 20.1 Å². The van der Waals surface area contributed by atoms with E-state index in [1.165, 1.54) is 55.5 Å². The van der Waals surface area contributed by atoms with E-state index in [9.17, 15) is 0 Å². The largest absolute Gasteiger partial charge is 0.304 e. The summed E-state index contributed by atoms with van der Waals surface area (Å²) in [4.78, 5) is 9.11. The Hall–Kier alpha value is -5.47. The summed E-state index contributed by atoms with van der Waals surface area (Å²) < 4.78 is 0. The molecule has 0 fully saturated rings. The monoisotopic (exact) mass is 805 g/mol. The van der Waals surface area contributed by atoms with Gasteiger partial charge in [-0.15, -0.1) is 70.8 Å². The van der Waals surface area contributed by atoms with Gasteiger partial charge in [0.2, 0.25) is 0 Å². The van der Waals surface area contributed by atoms with Gasteiger partial charge in [0, 0.05) is 32.5 Å². The third-order valence-electron chi connectivity index (χ3n) is 8.90. The van der Waals surface area contributed by atoms with Crippen LogP contribution in [0, 0.1) is 26.0 Å². The molecule has 2 nitrogen and oxygen atoms in total. The van der Waals surface area contributed by atoms with E-state index in [0.717, 1.165) is 33.5 Å². The minimum Gasteiger partial charge on any atom is -0.304 e. The average molecular weight is 805 g/mol. The fourth-order valence-electron chi connectivity index (χ4n) is 6.28. The molecule has 2 aliphatic carbocycles. The zero-order valence-electron chi connectivity index (χ0n) is 27.2. The third-order valence-corrected chi connectivity index (χ3v) is 8.90. The van der Waals surface area contributed by atoms with E-state index in [0.29, 0.717) is 0 Å². The molecule has 237 valence electrons. The number of aromatic nitrogens is 2. The summed E-state index contributed by atoms with van der Waals surface area (Å²) in [5.41, 5.74) is 16.0. The minimum absolute atomic E-state index is 0. The molecule has 1 radical (unpaired) electrons. The van der Waals surface area contributed by atoms with Crippen LogP contribution >= 0.6 is 0 Å². The molecule has 0 atom stereocenters. The molecule has 2 aliphatic rings. The maximum atomic E-state index is 4.76. The SMILES string of the molecule is Cc1c[c-]c(-c2ccc(C)cn2)cc1.[Ir].[c-]1ccc2cc1-c1nccc3cc(ccc13)-c1cccc(c1)-c1cccc(c1)-c1cccc-2c1. The summed E-state index contributed by atoms with van der Waals surface area (Å²) in [5.74, 6) is 0. The number of rotatable bonds is 1. The molecule has 0 amide bonds. The van der Waals surface area contributed by atoms with E-state index >= 15 is 0 Å². The smallest absolute Gasteiger partial charge is 0.0190 e. The molecule has 0 saturated heterocycles. The van der Waals surface area contributed by atoms with E-state index in [4.69, 9.17) is 4.98 Å². The molecule has 12 bridgehead atoms. The second-order valence-electron chi connectivity index (χ2n) is 12.3. The molecule has 0 saturated carbocycles. The van der Waals surface area contributed by atoms with Crippen LogP contribution < -0.4 is 0 Å². The van der Waals surface area contributed by atoms with E-state index in [2.05, 4.69) is 145 Å². The van der Waals surface area contributed by atoms with Crippen LogP contribution in [0.2, 0.25) is 0 Å². The van der Waals surface area contributed by atoms with Gasteiger partial charge in [-0.2, -0.15) is 0 Å². The number of hydrogen-bond acceptors (Lipinski definition) is 2. The van der Waals surface area contributed by atoms with Gasteiger partial charge in [0.1, 0.15) is 0 Å². The number of fused-ring (bicyclic) bond motifs is 1. The fraction of sp³-hybridized carbons (Fsp3) is 0.0435. The Labute approximate surface area is 301 Å². The predicted molar refractivity (Wildman–Crippen MR) is 199 cm³/mol. The van der Waals surface area contributed by atoms with Gasteiger partial charge in [-0.05, 0) is 104 Å². The zero-order valence-corrected chi connectivity index (χ0v) is 29.6. The van der Waals surface area contributed by atoms with E-state index in [1.807, 2.05) is 43.6 Å². The van der Waals surface area contributed by atoms with E-state index in [-0.39, 0.29) is 20.1 Å². The maximum absolute atomic E-state index is 4.76. The van der Waals surface area contributed by atoms with Crippen molar-refractivity contribution in [2.24, 2.45) is 0 Å². The molecule has 10 rings (SSSR count). The van der Waals surface area contributed by atoms with Crippen LogP contribution in [0.4, 0.5) is 0 Å². The van der Waals surface area contributed by atoms with Gasteiger partial charge in [0.25, 0.3) is 0 Å². The number of nitrogens with zero attached hydrogens (tertiary/aromatic N) is 2. The Balaban J connectivity index is 0.000000213. The summed E-state index contributed by atoms with van der Waals surface area (Å²) in [6.07, 6.45) is 3.78. The van der Waals surface area contributed by atoms with Crippen molar-refractivity contribution in [3.8, 4) is 67.0 Å². The molecular formula is C46H32IrN2-2. The molecule has 6 aromatic carbocycles.